The molecule has 1 aliphatic carbocycles. The molecule has 130 valence electrons. The topological polar surface area (TPSA) is 108 Å². The molecule has 0 heterocycles. The maximum atomic E-state index is 11.7. The SMILES string of the molecule is O=C(COC(=O)COc1ccc([N+](=O)[O-])cc1)NC1CCCCC1. The number of nitro groups is 1. The zero-order chi connectivity index (χ0) is 17.4. The molecule has 24 heavy (non-hydrogen) atoms. The molecular weight excluding hydrogens is 316 g/mol. The second kappa shape index (κ2) is 8.85. The first-order chi connectivity index (χ1) is 11.5. The highest BCUT2D eigenvalue weighted by Gasteiger charge is 2.16. The molecule has 8 heteroatoms. The molecule has 0 radical (unpaired) electrons. The Morgan fingerprint density at radius 2 is 1.79 bits per heavy atom. The van der Waals surface area contributed by atoms with Gasteiger partial charge in [0.2, 0.25) is 0 Å². The molecule has 1 amide bonds. The Bertz CT molecular complexity index is 581. The van der Waals surface area contributed by atoms with E-state index in [1.807, 2.05) is 0 Å². The molecule has 8 nitrogen and oxygen atoms in total. The molecule has 0 bridgehead atoms. The minimum Gasteiger partial charge on any atom is -0.482 e. The van der Waals surface area contributed by atoms with Crippen LogP contribution in [0.15, 0.2) is 24.3 Å². The highest BCUT2D eigenvalue weighted by molar-refractivity contribution is 5.81. The lowest BCUT2D eigenvalue weighted by atomic mass is 9.95. The van der Waals surface area contributed by atoms with Crippen LogP contribution in [0.2, 0.25) is 0 Å². The van der Waals surface area contributed by atoms with Gasteiger partial charge < -0.3 is 14.8 Å². The van der Waals surface area contributed by atoms with Gasteiger partial charge in [-0.1, -0.05) is 19.3 Å². The van der Waals surface area contributed by atoms with Crippen LogP contribution in [0.4, 0.5) is 5.69 Å². The number of nitrogens with zero attached hydrogens (tertiary/aromatic N) is 1. The average molecular weight is 336 g/mol. The molecule has 0 aliphatic heterocycles. The average Bonchev–Trinajstić information content (AvgIpc) is 2.59. The molecule has 0 atom stereocenters. The first-order valence-electron chi connectivity index (χ1n) is 7.87. The van der Waals surface area contributed by atoms with Gasteiger partial charge in [-0.3, -0.25) is 14.9 Å². The zero-order valence-corrected chi connectivity index (χ0v) is 13.2. The molecular formula is C16H20N2O6. The van der Waals surface area contributed by atoms with E-state index in [2.05, 4.69) is 5.32 Å². The van der Waals surface area contributed by atoms with Gasteiger partial charge >= 0.3 is 5.97 Å². The van der Waals surface area contributed by atoms with Crippen molar-refractivity contribution in [2.45, 2.75) is 38.1 Å². The minimum atomic E-state index is -0.674. The maximum absolute atomic E-state index is 11.7. The summed E-state index contributed by atoms with van der Waals surface area (Å²) in [7, 11) is 0. The van der Waals surface area contributed by atoms with Gasteiger partial charge in [0.15, 0.2) is 13.2 Å². The molecule has 1 N–H and O–H groups in total. The second-order valence-electron chi connectivity index (χ2n) is 5.60. The fraction of sp³-hybridized carbons (Fsp3) is 0.500. The van der Waals surface area contributed by atoms with Crippen molar-refractivity contribution in [3.63, 3.8) is 0 Å². The van der Waals surface area contributed by atoms with Crippen LogP contribution < -0.4 is 10.1 Å². The van der Waals surface area contributed by atoms with Gasteiger partial charge in [-0.25, -0.2) is 4.79 Å². The molecule has 0 spiro atoms. The normalized spacial score (nSPS) is 14.7. The lowest BCUT2D eigenvalue weighted by Gasteiger charge is -2.22. The summed E-state index contributed by atoms with van der Waals surface area (Å²) in [6, 6.07) is 5.50. The fourth-order valence-corrected chi connectivity index (χ4v) is 2.51. The van der Waals surface area contributed by atoms with Crippen LogP contribution >= 0.6 is 0 Å². The fourth-order valence-electron chi connectivity index (χ4n) is 2.51. The molecule has 1 saturated carbocycles. The van der Waals surface area contributed by atoms with Crippen LogP contribution in [0, 0.1) is 10.1 Å². The lowest BCUT2D eigenvalue weighted by Crippen LogP contribution is -2.39. The smallest absolute Gasteiger partial charge is 0.344 e. The van der Waals surface area contributed by atoms with Crippen molar-refractivity contribution in [1.82, 2.24) is 5.32 Å². The van der Waals surface area contributed by atoms with Crippen LogP contribution in [0.1, 0.15) is 32.1 Å². The summed E-state index contributed by atoms with van der Waals surface area (Å²) in [6.45, 7) is -0.701. The Kier molecular flexibility index (Phi) is 6.53. The van der Waals surface area contributed by atoms with E-state index < -0.39 is 10.9 Å². The number of nitrogens with one attached hydrogen (secondary N) is 1. The number of ether oxygens (including phenoxy) is 2. The van der Waals surface area contributed by atoms with E-state index in [0.717, 1.165) is 25.7 Å². The Balaban J connectivity index is 1.65. The third kappa shape index (κ3) is 5.86. The van der Waals surface area contributed by atoms with Crippen molar-refractivity contribution in [1.29, 1.82) is 0 Å². The third-order valence-corrected chi connectivity index (χ3v) is 3.74. The monoisotopic (exact) mass is 336 g/mol. The van der Waals surface area contributed by atoms with Crippen molar-refractivity contribution in [2.75, 3.05) is 13.2 Å². The van der Waals surface area contributed by atoms with E-state index >= 15 is 0 Å². The first kappa shape index (κ1) is 17.7. The van der Waals surface area contributed by atoms with Gasteiger partial charge in [-0.15, -0.1) is 0 Å². The van der Waals surface area contributed by atoms with Crippen molar-refractivity contribution in [3.8, 4) is 5.75 Å². The van der Waals surface area contributed by atoms with Crippen molar-refractivity contribution < 1.29 is 24.0 Å². The summed E-state index contributed by atoms with van der Waals surface area (Å²) in [6.07, 6.45) is 5.33. The van der Waals surface area contributed by atoms with E-state index in [1.54, 1.807) is 0 Å². The number of amides is 1. The van der Waals surface area contributed by atoms with E-state index in [1.165, 1.54) is 30.7 Å². The molecule has 2 rings (SSSR count). The largest absolute Gasteiger partial charge is 0.482 e. The molecule has 0 saturated heterocycles. The number of carbonyl (C=O) groups is 2. The zero-order valence-electron chi connectivity index (χ0n) is 13.2. The number of non-ortho nitro benzene ring substituents is 1. The molecule has 0 unspecified atom stereocenters. The molecule has 1 aromatic rings. The summed E-state index contributed by atoms with van der Waals surface area (Å²) < 4.78 is 10.0. The molecule has 1 aromatic carbocycles. The molecule has 0 aromatic heterocycles. The number of hydrogen-bond acceptors (Lipinski definition) is 6. The quantitative estimate of drug-likeness (QED) is 0.463. The van der Waals surface area contributed by atoms with Gasteiger partial charge in [0.1, 0.15) is 5.75 Å². The predicted octanol–water partition coefficient (Wildman–Crippen LogP) is 1.97. The van der Waals surface area contributed by atoms with E-state index in [0.29, 0.717) is 5.75 Å². The van der Waals surface area contributed by atoms with Crippen LogP contribution in [-0.4, -0.2) is 36.1 Å². The Morgan fingerprint density at radius 3 is 2.42 bits per heavy atom. The Morgan fingerprint density at radius 1 is 1.12 bits per heavy atom. The summed E-state index contributed by atoms with van der Waals surface area (Å²) in [5.74, 6) is -0.679. The van der Waals surface area contributed by atoms with E-state index in [9.17, 15) is 19.7 Å². The third-order valence-electron chi connectivity index (χ3n) is 3.74. The Labute approximate surface area is 139 Å². The number of esters is 1. The minimum absolute atomic E-state index is 0.0655. The number of carbonyl (C=O) groups excluding carboxylic acids is 2. The first-order valence-corrected chi connectivity index (χ1v) is 7.87. The summed E-state index contributed by atoms with van der Waals surface area (Å²) in [4.78, 5) is 33.2. The number of hydrogen-bond donors (Lipinski definition) is 1. The number of nitro benzene ring substituents is 1. The summed E-state index contributed by atoms with van der Waals surface area (Å²) >= 11 is 0. The Hall–Kier alpha value is -2.64. The predicted molar refractivity (Wildman–Crippen MR) is 84.6 cm³/mol. The van der Waals surface area contributed by atoms with Gasteiger partial charge in [0, 0.05) is 18.2 Å². The highest BCUT2D eigenvalue weighted by Crippen LogP contribution is 2.18. The van der Waals surface area contributed by atoms with Gasteiger partial charge in [-0.2, -0.15) is 0 Å². The van der Waals surface area contributed by atoms with Gasteiger partial charge in [0.05, 0.1) is 4.92 Å². The van der Waals surface area contributed by atoms with Crippen LogP contribution in [0.25, 0.3) is 0 Å². The highest BCUT2D eigenvalue weighted by atomic mass is 16.6. The van der Waals surface area contributed by atoms with E-state index in [-0.39, 0.29) is 30.9 Å². The standard InChI is InChI=1S/C16H20N2O6/c19-15(17-12-4-2-1-3-5-12)10-24-16(20)11-23-14-8-6-13(7-9-14)18(21)22/h6-9,12H,1-5,10-11H2,(H,17,19). The lowest BCUT2D eigenvalue weighted by molar-refractivity contribution is -0.384. The van der Waals surface area contributed by atoms with Crippen LogP contribution in [-0.2, 0) is 14.3 Å². The number of benzene rings is 1. The van der Waals surface area contributed by atoms with Crippen LogP contribution in [0.5, 0.6) is 5.75 Å². The van der Waals surface area contributed by atoms with Crippen molar-refractivity contribution in [3.05, 3.63) is 34.4 Å². The maximum Gasteiger partial charge on any atom is 0.344 e. The number of rotatable bonds is 7. The van der Waals surface area contributed by atoms with Crippen molar-refractivity contribution >= 4 is 17.6 Å². The van der Waals surface area contributed by atoms with Gasteiger partial charge in [-0.05, 0) is 25.0 Å². The molecule has 1 fully saturated rings. The van der Waals surface area contributed by atoms with E-state index in [4.69, 9.17) is 9.47 Å². The van der Waals surface area contributed by atoms with Crippen molar-refractivity contribution in [2.24, 2.45) is 0 Å². The van der Waals surface area contributed by atoms with Crippen LogP contribution in [0.3, 0.4) is 0 Å². The molecule has 1 aliphatic rings. The summed E-state index contributed by atoms with van der Waals surface area (Å²) in [5.41, 5.74) is -0.0655. The summed E-state index contributed by atoms with van der Waals surface area (Å²) in [5, 5.41) is 13.4. The second-order valence-corrected chi connectivity index (χ2v) is 5.60. The van der Waals surface area contributed by atoms with Gasteiger partial charge in [0.25, 0.3) is 11.6 Å².